The highest BCUT2D eigenvalue weighted by Gasteiger charge is 2.22. The number of thioether (sulfide) groups is 1. The lowest BCUT2D eigenvalue weighted by Gasteiger charge is -2.01. The number of hydrogen-bond donors (Lipinski definition) is 0. The van der Waals surface area contributed by atoms with Crippen molar-refractivity contribution in [1.29, 1.82) is 0 Å². The van der Waals surface area contributed by atoms with Gasteiger partial charge in [0.2, 0.25) is 5.90 Å². The molecule has 1 aliphatic rings. The van der Waals surface area contributed by atoms with Gasteiger partial charge < -0.3 is 9.30 Å². The van der Waals surface area contributed by atoms with E-state index in [1.54, 1.807) is 0 Å². The largest absolute Gasteiger partial charge is 0.475 e. The molecule has 1 atom stereocenters. The van der Waals surface area contributed by atoms with Crippen molar-refractivity contribution < 1.29 is 4.74 Å². The molecular weight excluding hydrogens is 268 g/mol. The van der Waals surface area contributed by atoms with Gasteiger partial charge in [0.1, 0.15) is 6.61 Å². The minimum Gasteiger partial charge on any atom is -0.475 e. The van der Waals surface area contributed by atoms with Crippen LogP contribution in [0.5, 0.6) is 0 Å². The van der Waals surface area contributed by atoms with Crippen molar-refractivity contribution >= 4 is 28.6 Å². The Morgan fingerprint density at radius 1 is 1.40 bits per heavy atom. The van der Waals surface area contributed by atoms with E-state index >= 15 is 0 Å². The Morgan fingerprint density at radius 2 is 2.25 bits per heavy atom. The van der Waals surface area contributed by atoms with Crippen LogP contribution in [0.3, 0.4) is 0 Å². The Hall–Kier alpha value is -1.42. The normalized spacial score (nSPS) is 18.3. The van der Waals surface area contributed by atoms with Gasteiger partial charge in [-0.3, -0.25) is 0 Å². The number of aliphatic imine (C=N–C) groups is 1. The topological polar surface area (TPSA) is 26.5 Å². The first-order valence-electron chi connectivity index (χ1n) is 7.11. The van der Waals surface area contributed by atoms with E-state index in [0.717, 1.165) is 36.8 Å². The molecule has 3 rings (SSSR count). The van der Waals surface area contributed by atoms with Crippen molar-refractivity contribution in [2.75, 3.05) is 18.6 Å². The lowest BCUT2D eigenvalue weighted by atomic mass is 10.2. The summed E-state index contributed by atoms with van der Waals surface area (Å²) in [5.41, 5.74) is 2.39. The first kappa shape index (κ1) is 13.6. The highest BCUT2D eigenvalue weighted by Crippen LogP contribution is 2.25. The van der Waals surface area contributed by atoms with E-state index in [4.69, 9.17) is 9.73 Å². The van der Waals surface area contributed by atoms with E-state index in [9.17, 15) is 0 Å². The molecule has 0 spiro atoms. The van der Waals surface area contributed by atoms with Crippen LogP contribution in [0, 0.1) is 0 Å². The Morgan fingerprint density at radius 3 is 3.05 bits per heavy atom. The van der Waals surface area contributed by atoms with Crippen molar-refractivity contribution in [3.05, 3.63) is 36.0 Å². The van der Waals surface area contributed by atoms with Crippen molar-refractivity contribution in [3.63, 3.8) is 0 Å². The fourth-order valence-electron chi connectivity index (χ4n) is 2.64. The van der Waals surface area contributed by atoms with Gasteiger partial charge in [-0.1, -0.05) is 18.2 Å². The highest BCUT2D eigenvalue weighted by molar-refractivity contribution is 7.98. The van der Waals surface area contributed by atoms with Crippen LogP contribution in [-0.4, -0.2) is 35.1 Å². The zero-order chi connectivity index (χ0) is 13.9. The van der Waals surface area contributed by atoms with E-state index < -0.39 is 0 Å². The Balaban J connectivity index is 1.95. The maximum Gasteiger partial charge on any atom is 0.218 e. The molecule has 0 saturated carbocycles. The second-order valence-electron chi connectivity index (χ2n) is 5.03. The van der Waals surface area contributed by atoms with E-state index in [0.29, 0.717) is 6.04 Å². The summed E-state index contributed by atoms with van der Waals surface area (Å²) < 4.78 is 8.10. The molecule has 1 aliphatic heterocycles. The van der Waals surface area contributed by atoms with Crippen LogP contribution >= 0.6 is 11.8 Å². The quantitative estimate of drug-likeness (QED) is 0.841. The lowest BCUT2D eigenvalue weighted by Crippen LogP contribution is -2.07. The van der Waals surface area contributed by atoms with Crippen LogP contribution in [0.25, 0.3) is 10.9 Å². The minimum absolute atomic E-state index is 0.321. The SMILES string of the molecule is CCn1cc(C2=N[C@H](CCSC)CO2)c2ccccc21. The summed E-state index contributed by atoms with van der Waals surface area (Å²) >= 11 is 1.87. The molecule has 3 nitrogen and oxygen atoms in total. The molecule has 0 unspecified atom stereocenters. The molecule has 2 aromatic rings. The van der Waals surface area contributed by atoms with Crippen LogP contribution in [0.1, 0.15) is 18.9 Å². The average molecular weight is 288 g/mol. The number of aryl methyl sites for hydroxylation is 1. The van der Waals surface area contributed by atoms with Gasteiger partial charge in [0.15, 0.2) is 0 Å². The number of nitrogens with zero attached hydrogens (tertiary/aromatic N) is 2. The molecule has 106 valence electrons. The number of para-hydroxylation sites is 1. The van der Waals surface area contributed by atoms with Crippen LogP contribution in [0.15, 0.2) is 35.5 Å². The number of hydrogen-bond acceptors (Lipinski definition) is 3. The third kappa shape index (κ3) is 2.44. The van der Waals surface area contributed by atoms with E-state index in [1.807, 2.05) is 11.8 Å². The van der Waals surface area contributed by atoms with Crippen LogP contribution in [-0.2, 0) is 11.3 Å². The first-order chi connectivity index (χ1) is 9.83. The molecule has 0 fully saturated rings. The fraction of sp³-hybridized carbons (Fsp3) is 0.438. The molecule has 0 saturated heterocycles. The number of benzene rings is 1. The second-order valence-corrected chi connectivity index (χ2v) is 6.01. The van der Waals surface area contributed by atoms with E-state index in [1.165, 1.54) is 10.9 Å². The summed E-state index contributed by atoms with van der Waals surface area (Å²) in [6.45, 7) is 3.85. The lowest BCUT2D eigenvalue weighted by molar-refractivity contribution is 0.316. The van der Waals surface area contributed by atoms with Crippen molar-refractivity contribution in [2.24, 2.45) is 4.99 Å². The number of rotatable bonds is 5. The smallest absolute Gasteiger partial charge is 0.218 e. The monoisotopic (exact) mass is 288 g/mol. The summed E-state index contributed by atoms with van der Waals surface area (Å²) in [5, 5.41) is 1.23. The Bertz CT molecular complexity index is 632. The average Bonchev–Trinajstić information content (AvgIpc) is 3.09. The zero-order valence-electron chi connectivity index (χ0n) is 12.0. The molecule has 4 heteroatoms. The Kier molecular flexibility index (Phi) is 4.01. The standard InChI is InChI=1S/C16H20N2OS/c1-3-18-10-14(13-6-4-5-7-15(13)18)16-17-12(11-19-16)8-9-20-2/h4-7,10,12H,3,8-9,11H2,1-2H3/t12-/m1/s1. The maximum absolute atomic E-state index is 5.84. The molecular formula is C16H20N2OS. The van der Waals surface area contributed by atoms with E-state index in [2.05, 4.69) is 48.2 Å². The number of ether oxygens (including phenoxy) is 1. The minimum atomic E-state index is 0.321. The zero-order valence-corrected chi connectivity index (χ0v) is 12.8. The van der Waals surface area contributed by atoms with Gasteiger partial charge >= 0.3 is 0 Å². The van der Waals surface area contributed by atoms with Gasteiger partial charge in [0.25, 0.3) is 0 Å². The predicted molar refractivity (Wildman–Crippen MR) is 86.9 cm³/mol. The molecule has 20 heavy (non-hydrogen) atoms. The summed E-state index contributed by atoms with van der Waals surface area (Å²) in [6.07, 6.45) is 5.40. The third-order valence-electron chi connectivity index (χ3n) is 3.73. The molecule has 1 aromatic heterocycles. The van der Waals surface area contributed by atoms with Crippen LogP contribution < -0.4 is 0 Å². The Labute approximate surface area is 124 Å². The van der Waals surface area contributed by atoms with Crippen LogP contribution in [0.2, 0.25) is 0 Å². The summed E-state index contributed by atoms with van der Waals surface area (Å²) in [4.78, 5) is 4.76. The predicted octanol–water partition coefficient (Wildman–Crippen LogP) is 3.56. The molecule has 0 amide bonds. The second kappa shape index (κ2) is 5.92. The van der Waals surface area contributed by atoms with Crippen molar-refractivity contribution in [1.82, 2.24) is 4.57 Å². The summed E-state index contributed by atoms with van der Waals surface area (Å²) in [6, 6.07) is 8.78. The number of fused-ring (bicyclic) bond motifs is 1. The first-order valence-corrected chi connectivity index (χ1v) is 8.50. The van der Waals surface area contributed by atoms with Gasteiger partial charge in [-0.2, -0.15) is 11.8 Å². The molecule has 0 N–H and O–H groups in total. The number of aromatic nitrogens is 1. The van der Waals surface area contributed by atoms with Gasteiger partial charge in [0, 0.05) is 23.6 Å². The maximum atomic E-state index is 5.84. The molecule has 0 aliphatic carbocycles. The fourth-order valence-corrected chi connectivity index (χ4v) is 3.15. The van der Waals surface area contributed by atoms with Gasteiger partial charge in [-0.15, -0.1) is 0 Å². The molecule has 2 heterocycles. The van der Waals surface area contributed by atoms with E-state index in [-0.39, 0.29) is 0 Å². The molecule has 0 radical (unpaired) electrons. The van der Waals surface area contributed by atoms with Gasteiger partial charge in [-0.25, -0.2) is 4.99 Å². The summed E-state index contributed by atoms with van der Waals surface area (Å²) in [5.74, 6) is 1.96. The van der Waals surface area contributed by atoms with Gasteiger partial charge in [-0.05, 0) is 31.4 Å². The summed E-state index contributed by atoms with van der Waals surface area (Å²) in [7, 11) is 0. The molecule has 0 bridgehead atoms. The third-order valence-corrected chi connectivity index (χ3v) is 4.37. The van der Waals surface area contributed by atoms with Crippen molar-refractivity contribution in [3.8, 4) is 0 Å². The van der Waals surface area contributed by atoms with Crippen LogP contribution in [0.4, 0.5) is 0 Å². The molecule has 1 aromatic carbocycles. The van der Waals surface area contributed by atoms with Gasteiger partial charge in [0.05, 0.1) is 11.6 Å². The highest BCUT2D eigenvalue weighted by atomic mass is 32.2. The van der Waals surface area contributed by atoms with Crippen molar-refractivity contribution in [2.45, 2.75) is 25.9 Å².